The fourth-order valence-corrected chi connectivity index (χ4v) is 2.12. The van der Waals surface area contributed by atoms with E-state index in [4.69, 9.17) is 6.42 Å². The fourth-order valence-electron chi connectivity index (χ4n) is 2.12. The minimum atomic E-state index is 0.929. The summed E-state index contributed by atoms with van der Waals surface area (Å²) in [5.74, 6) is 7.84. The molecule has 2 aromatic carbocycles. The van der Waals surface area contributed by atoms with Crippen LogP contribution in [0.4, 0.5) is 0 Å². The summed E-state index contributed by atoms with van der Waals surface area (Å²) in [6, 6.07) is 18.5. The molecule has 88 valence electrons. The van der Waals surface area contributed by atoms with Crippen molar-refractivity contribution >= 4 is 10.9 Å². The average Bonchev–Trinajstić information content (AvgIpc) is 2.90. The number of aromatic nitrogens is 1. The molecule has 0 spiro atoms. The maximum atomic E-state index is 5.12. The maximum Gasteiger partial charge on any atom is 0.0528 e. The molecular weight excluding hydrogens is 230 g/mol. The van der Waals surface area contributed by atoms with E-state index in [2.05, 4.69) is 46.7 Å². The van der Waals surface area contributed by atoms with Crippen molar-refractivity contribution in [3.63, 3.8) is 0 Å². The summed E-state index contributed by atoms with van der Waals surface area (Å²) in [6.45, 7) is 0. The maximum absolute atomic E-state index is 5.12. The molecule has 1 aromatic heterocycles. The normalized spacial score (nSPS) is 9.63. The van der Waals surface area contributed by atoms with Crippen molar-refractivity contribution in [2.45, 2.75) is 0 Å². The Morgan fingerprint density at radius 3 is 2.47 bits per heavy atom. The van der Waals surface area contributed by atoms with Crippen LogP contribution >= 0.6 is 0 Å². The van der Waals surface area contributed by atoms with Crippen LogP contribution in [0.15, 0.2) is 60.8 Å². The highest BCUT2D eigenvalue weighted by molar-refractivity contribution is 5.81. The number of rotatable bonds is 1. The van der Waals surface area contributed by atoms with E-state index in [1.165, 1.54) is 10.9 Å². The number of para-hydroxylation sites is 1. The Balaban J connectivity index is 2.05. The quantitative estimate of drug-likeness (QED) is 0.573. The molecule has 1 heterocycles. The lowest BCUT2D eigenvalue weighted by atomic mass is 10.2. The molecule has 0 saturated heterocycles. The molecule has 0 saturated carbocycles. The number of hydrogen-bond donors (Lipinski definition) is 0. The van der Waals surface area contributed by atoms with Gasteiger partial charge in [0.1, 0.15) is 0 Å². The van der Waals surface area contributed by atoms with E-state index in [1.807, 2.05) is 36.4 Å². The molecule has 0 fully saturated rings. The smallest absolute Gasteiger partial charge is 0.0528 e. The molecule has 3 aromatic rings. The summed E-state index contributed by atoms with van der Waals surface area (Å²) in [5, 5.41) is 1.23. The molecule has 0 aliphatic carbocycles. The van der Waals surface area contributed by atoms with E-state index < -0.39 is 0 Å². The molecule has 0 N–H and O–H groups in total. The Bertz CT molecular complexity index is 818. The molecule has 0 amide bonds. The second-order valence-electron chi connectivity index (χ2n) is 4.19. The van der Waals surface area contributed by atoms with Gasteiger partial charge in [0.15, 0.2) is 0 Å². The summed E-state index contributed by atoms with van der Waals surface area (Å²) in [6.07, 6.45) is 7.19. The van der Waals surface area contributed by atoms with Gasteiger partial charge >= 0.3 is 0 Å². The Kier molecular flexibility index (Phi) is 2.81. The first kappa shape index (κ1) is 11.2. The minimum absolute atomic E-state index is 0.929. The van der Waals surface area contributed by atoms with Gasteiger partial charge in [0.25, 0.3) is 0 Å². The largest absolute Gasteiger partial charge is 0.317 e. The van der Waals surface area contributed by atoms with Crippen molar-refractivity contribution < 1.29 is 0 Å². The van der Waals surface area contributed by atoms with Gasteiger partial charge in [-0.25, -0.2) is 0 Å². The molecule has 0 unspecified atom stereocenters. The number of benzene rings is 2. The van der Waals surface area contributed by atoms with Gasteiger partial charge in [-0.2, -0.15) is 0 Å². The standard InChI is InChI=1S/C18H11N/c1-2-3-6-15-9-11-17(12-10-15)19-14-13-16-7-4-5-8-18(16)19/h1,4-5,7-14H. The van der Waals surface area contributed by atoms with E-state index in [-0.39, 0.29) is 0 Å². The van der Waals surface area contributed by atoms with Crippen LogP contribution in [0.1, 0.15) is 5.56 Å². The average molecular weight is 241 g/mol. The van der Waals surface area contributed by atoms with Gasteiger partial charge in [-0.05, 0) is 53.6 Å². The van der Waals surface area contributed by atoms with Crippen LogP contribution in [0, 0.1) is 24.2 Å². The van der Waals surface area contributed by atoms with Crippen LogP contribution in [-0.4, -0.2) is 4.57 Å². The van der Waals surface area contributed by atoms with E-state index in [0.29, 0.717) is 0 Å². The predicted molar refractivity (Wildman–Crippen MR) is 79.0 cm³/mol. The van der Waals surface area contributed by atoms with Crippen LogP contribution < -0.4 is 0 Å². The van der Waals surface area contributed by atoms with Gasteiger partial charge in [-0.15, -0.1) is 6.42 Å². The topological polar surface area (TPSA) is 4.93 Å². The molecule has 19 heavy (non-hydrogen) atoms. The van der Waals surface area contributed by atoms with Crippen molar-refractivity contribution in [1.82, 2.24) is 4.57 Å². The highest BCUT2D eigenvalue weighted by atomic mass is 15.0. The number of nitrogens with zero attached hydrogens (tertiary/aromatic N) is 1. The van der Waals surface area contributed by atoms with Gasteiger partial charge in [-0.1, -0.05) is 24.1 Å². The monoisotopic (exact) mass is 241 g/mol. The number of terminal acetylenes is 1. The second kappa shape index (κ2) is 4.77. The minimum Gasteiger partial charge on any atom is -0.317 e. The van der Waals surface area contributed by atoms with Gasteiger partial charge in [-0.3, -0.25) is 0 Å². The third-order valence-electron chi connectivity index (χ3n) is 3.02. The van der Waals surface area contributed by atoms with Crippen LogP contribution in [0.3, 0.4) is 0 Å². The van der Waals surface area contributed by atoms with Crippen LogP contribution in [0.5, 0.6) is 0 Å². The second-order valence-corrected chi connectivity index (χ2v) is 4.19. The van der Waals surface area contributed by atoms with Crippen molar-refractivity contribution in [2.24, 2.45) is 0 Å². The number of fused-ring (bicyclic) bond motifs is 1. The van der Waals surface area contributed by atoms with Crippen LogP contribution in [0.2, 0.25) is 0 Å². The third-order valence-corrected chi connectivity index (χ3v) is 3.02. The molecule has 0 atom stereocenters. The first-order valence-corrected chi connectivity index (χ1v) is 6.01. The molecule has 0 aliphatic heterocycles. The van der Waals surface area contributed by atoms with Crippen LogP contribution in [0.25, 0.3) is 16.6 Å². The third kappa shape index (κ3) is 2.10. The summed E-state index contributed by atoms with van der Waals surface area (Å²) in [5.41, 5.74) is 3.25. The van der Waals surface area contributed by atoms with E-state index >= 15 is 0 Å². The summed E-state index contributed by atoms with van der Waals surface area (Å²) in [4.78, 5) is 0. The number of hydrogen-bond acceptors (Lipinski definition) is 0. The zero-order valence-corrected chi connectivity index (χ0v) is 10.3. The highest BCUT2D eigenvalue weighted by Crippen LogP contribution is 2.20. The fraction of sp³-hybridized carbons (Fsp3) is 0. The summed E-state index contributed by atoms with van der Waals surface area (Å²) in [7, 11) is 0. The van der Waals surface area contributed by atoms with Crippen molar-refractivity contribution in [3.8, 4) is 29.9 Å². The van der Waals surface area contributed by atoms with E-state index in [1.54, 1.807) is 0 Å². The lowest BCUT2D eigenvalue weighted by Crippen LogP contribution is -1.91. The molecule has 0 aliphatic rings. The van der Waals surface area contributed by atoms with Gasteiger partial charge in [0, 0.05) is 17.4 Å². The van der Waals surface area contributed by atoms with Gasteiger partial charge in [0.05, 0.1) is 5.52 Å². The SMILES string of the molecule is C#CC#Cc1ccc(-n2ccc3ccccc32)cc1. The molecule has 0 radical (unpaired) electrons. The lowest BCUT2D eigenvalue weighted by molar-refractivity contribution is 1.13. The van der Waals surface area contributed by atoms with E-state index in [0.717, 1.165) is 11.3 Å². The van der Waals surface area contributed by atoms with Gasteiger partial charge < -0.3 is 4.57 Å². The summed E-state index contributed by atoms with van der Waals surface area (Å²) < 4.78 is 2.16. The molecular formula is C18H11N. The Morgan fingerprint density at radius 2 is 1.68 bits per heavy atom. The first-order valence-electron chi connectivity index (χ1n) is 6.01. The van der Waals surface area contributed by atoms with Crippen molar-refractivity contribution in [1.29, 1.82) is 0 Å². The molecule has 1 nitrogen and oxygen atoms in total. The first-order chi connectivity index (χ1) is 9.38. The Morgan fingerprint density at radius 1 is 0.895 bits per heavy atom. The molecule has 1 heteroatoms. The van der Waals surface area contributed by atoms with Crippen molar-refractivity contribution in [2.75, 3.05) is 0 Å². The Labute approximate surface area is 112 Å². The highest BCUT2D eigenvalue weighted by Gasteiger charge is 2.01. The molecule has 3 rings (SSSR count). The van der Waals surface area contributed by atoms with Gasteiger partial charge in [0.2, 0.25) is 0 Å². The van der Waals surface area contributed by atoms with Crippen LogP contribution in [-0.2, 0) is 0 Å². The van der Waals surface area contributed by atoms with E-state index in [9.17, 15) is 0 Å². The van der Waals surface area contributed by atoms with Crippen molar-refractivity contribution in [3.05, 3.63) is 66.4 Å². The Hall–Kier alpha value is -2.90. The predicted octanol–water partition coefficient (Wildman–Crippen LogP) is 3.62. The zero-order chi connectivity index (χ0) is 13.1. The zero-order valence-electron chi connectivity index (χ0n) is 10.3. The lowest BCUT2D eigenvalue weighted by Gasteiger charge is -2.05. The molecule has 0 bridgehead atoms. The summed E-state index contributed by atoms with van der Waals surface area (Å²) >= 11 is 0.